The molecule has 0 aromatic heterocycles. The summed E-state index contributed by atoms with van der Waals surface area (Å²) in [4.78, 5) is 0. The normalized spacial score (nSPS) is 53.4. The van der Waals surface area contributed by atoms with E-state index in [1.807, 2.05) is 0 Å². The summed E-state index contributed by atoms with van der Waals surface area (Å²) in [6, 6.07) is 0. The lowest BCUT2D eigenvalue weighted by molar-refractivity contribution is -0.132. The Balaban J connectivity index is 1.99. The molecule has 2 unspecified atom stereocenters. The monoisotopic (exact) mass is 266 g/mol. The topological polar surface area (TPSA) is 38.7 Å². The third-order valence-electron chi connectivity index (χ3n) is 6.03. The van der Waals surface area contributed by atoms with E-state index in [-0.39, 0.29) is 17.8 Å². The maximum absolute atomic E-state index is 10.0. The Morgan fingerprint density at radius 1 is 1.42 bits per heavy atom. The minimum absolute atomic E-state index is 0.0646. The number of ether oxygens (including phenoxy) is 2. The highest BCUT2D eigenvalue weighted by molar-refractivity contribution is 5.26. The van der Waals surface area contributed by atoms with Gasteiger partial charge < -0.3 is 14.6 Å². The van der Waals surface area contributed by atoms with Crippen molar-refractivity contribution in [2.45, 2.75) is 58.5 Å². The summed E-state index contributed by atoms with van der Waals surface area (Å²) in [6.07, 6.45) is 5.10. The first-order valence-electron chi connectivity index (χ1n) is 7.56. The van der Waals surface area contributed by atoms with Gasteiger partial charge in [-0.15, -0.1) is 0 Å². The van der Waals surface area contributed by atoms with E-state index >= 15 is 0 Å². The first-order valence-corrected chi connectivity index (χ1v) is 7.56. The molecule has 3 rings (SSSR count). The average Bonchev–Trinajstić information content (AvgIpc) is 2.69. The molecule has 1 saturated heterocycles. The zero-order chi connectivity index (χ0) is 13.8. The first kappa shape index (κ1) is 13.6. The number of allylic oxidation sites excluding steroid dienone is 1. The van der Waals surface area contributed by atoms with Crippen molar-refractivity contribution in [1.29, 1.82) is 0 Å². The van der Waals surface area contributed by atoms with E-state index in [1.54, 1.807) is 7.11 Å². The predicted octanol–water partition coefficient (Wildman–Crippen LogP) is 2.74. The van der Waals surface area contributed by atoms with Crippen molar-refractivity contribution in [2.75, 3.05) is 7.11 Å². The largest absolute Gasteiger partial charge is 0.389 e. The molecule has 1 N–H and O–H groups in total. The summed E-state index contributed by atoms with van der Waals surface area (Å²) in [5, 5.41) is 10.0. The lowest BCUT2D eigenvalue weighted by atomic mass is 9.52. The van der Waals surface area contributed by atoms with Gasteiger partial charge in [0.15, 0.2) is 6.29 Å². The second-order valence-electron chi connectivity index (χ2n) is 6.88. The molecule has 2 aliphatic carbocycles. The molecule has 7 atom stereocenters. The van der Waals surface area contributed by atoms with Gasteiger partial charge in [-0.3, -0.25) is 0 Å². The second-order valence-corrected chi connectivity index (χ2v) is 6.88. The fraction of sp³-hybridized carbons (Fsp3) is 0.875. The Kier molecular flexibility index (Phi) is 3.27. The maximum Gasteiger partial charge on any atom is 0.160 e. The number of hydrogen-bond acceptors (Lipinski definition) is 3. The number of rotatable bonds is 1. The zero-order valence-electron chi connectivity index (χ0n) is 12.4. The van der Waals surface area contributed by atoms with E-state index < -0.39 is 0 Å². The Bertz CT molecular complexity index is 389. The summed E-state index contributed by atoms with van der Waals surface area (Å²) >= 11 is 0. The molecule has 0 amide bonds. The SMILES string of the molecule is CO[C@@H]1OC2CCC3=CC(O)C[C@H](C)[C@@]3(C)[C@H]2[C@@H]1C. The van der Waals surface area contributed by atoms with Crippen molar-refractivity contribution >= 4 is 0 Å². The van der Waals surface area contributed by atoms with Gasteiger partial charge in [-0.2, -0.15) is 0 Å². The van der Waals surface area contributed by atoms with Crippen LogP contribution in [-0.4, -0.2) is 30.7 Å². The molecule has 2 fully saturated rings. The Morgan fingerprint density at radius 3 is 2.84 bits per heavy atom. The lowest BCUT2D eigenvalue weighted by Crippen LogP contribution is -2.49. The number of hydrogen-bond donors (Lipinski definition) is 1. The summed E-state index contributed by atoms with van der Waals surface area (Å²) in [5.41, 5.74) is 1.61. The molecular weight excluding hydrogens is 240 g/mol. The van der Waals surface area contributed by atoms with Gasteiger partial charge in [-0.25, -0.2) is 0 Å². The highest BCUT2D eigenvalue weighted by Crippen LogP contribution is 2.59. The minimum atomic E-state index is -0.259. The molecule has 0 bridgehead atoms. The van der Waals surface area contributed by atoms with Gasteiger partial charge in [0.1, 0.15) is 0 Å². The first-order chi connectivity index (χ1) is 8.98. The Hall–Kier alpha value is -0.380. The molecule has 0 aromatic rings. The van der Waals surface area contributed by atoms with Crippen LogP contribution in [0.5, 0.6) is 0 Å². The molecule has 3 aliphatic rings. The summed E-state index contributed by atoms with van der Waals surface area (Å²) in [7, 11) is 1.74. The van der Waals surface area contributed by atoms with Crippen LogP contribution in [-0.2, 0) is 9.47 Å². The summed E-state index contributed by atoms with van der Waals surface area (Å²) < 4.78 is 11.6. The van der Waals surface area contributed by atoms with Gasteiger partial charge in [0.25, 0.3) is 0 Å². The Labute approximate surface area is 116 Å². The predicted molar refractivity (Wildman–Crippen MR) is 73.5 cm³/mol. The van der Waals surface area contributed by atoms with Crippen molar-refractivity contribution in [3.05, 3.63) is 11.6 Å². The van der Waals surface area contributed by atoms with Crippen LogP contribution in [0, 0.1) is 23.2 Å². The van der Waals surface area contributed by atoms with Crippen molar-refractivity contribution in [3.8, 4) is 0 Å². The van der Waals surface area contributed by atoms with E-state index in [0.29, 0.717) is 23.9 Å². The average molecular weight is 266 g/mol. The highest BCUT2D eigenvalue weighted by Gasteiger charge is 2.57. The van der Waals surface area contributed by atoms with E-state index in [0.717, 1.165) is 19.3 Å². The maximum atomic E-state index is 10.0. The van der Waals surface area contributed by atoms with Gasteiger partial charge in [0, 0.05) is 18.9 Å². The number of fused-ring (bicyclic) bond motifs is 3. The van der Waals surface area contributed by atoms with Crippen molar-refractivity contribution in [2.24, 2.45) is 23.2 Å². The quantitative estimate of drug-likeness (QED) is 0.742. The van der Waals surface area contributed by atoms with Gasteiger partial charge in [0.05, 0.1) is 12.2 Å². The second kappa shape index (κ2) is 4.57. The summed E-state index contributed by atoms with van der Waals surface area (Å²) in [5.74, 6) is 1.43. The van der Waals surface area contributed by atoms with Crippen LogP contribution in [0.2, 0.25) is 0 Å². The molecule has 3 nitrogen and oxygen atoms in total. The van der Waals surface area contributed by atoms with Crippen LogP contribution in [0.25, 0.3) is 0 Å². The fourth-order valence-electron chi connectivity index (χ4n) is 4.94. The smallest absolute Gasteiger partial charge is 0.160 e. The molecule has 0 radical (unpaired) electrons. The standard InChI is InChI=1S/C16H26O3/c1-9-7-12(17)8-11-5-6-13-14(16(9,11)3)10(2)15(18-4)19-13/h8-10,12-15,17H,5-7H2,1-4H3/t9-,10-,12?,13?,14-,15+,16+/m0/s1. The molecule has 0 spiro atoms. The molecule has 108 valence electrons. The van der Waals surface area contributed by atoms with E-state index in [9.17, 15) is 5.11 Å². The van der Waals surface area contributed by atoms with Gasteiger partial charge in [-0.1, -0.05) is 32.4 Å². The lowest BCUT2D eigenvalue weighted by Gasteiger charge is -2.52. The van der Waals surface area contributed by atoms with Crippen molar-refractivity contribution in [1.82, 2.24) is 0 Å². The molecule has 0 aromatic carbocycles. The summed E-state index contributed by atoms with van der Waals surface area (Å²) in [6.45, 7) is 6.92. The van der Waals surface area contributed by atoms with Crippen LogP contribution in [0.1, 0.15) is 40.0 Å². The Morgan fingerprint density at radius 2 is 2.16 bits per heavy atom. The fourth-order valence-corrected chi connectivity index (χ4v) is 4.94. The van der Waals surface area contributed by atoms with Crippen LogP contribution >= 0.6 is 0 Å². The van der Waals surface area contributed by atoms with Crippen LogP contribution < -0.4 is 0 Å². The van der Waals surface area contributed by atoms with Gasteiger partial charge >= 0.3 is 0 Å². The van der Waals surface area contributed by atoms with Crippen molar-refractivity contribution in [3.63, 3.8) is 0 Å². The van der Waals surface area contributed by atoms with E-state index in [2.05, 4.69) is 26.8 Å². The third-order valence-corrected chi connectivity index (χ3v) is 6.03. The van der Waals surface area contributed by atoms with Gasteiger partial charge in [-0.05, 0) is 30.6 Å². The number of methoxy groups -OCH3 is 1. The molecule has 1 saturated carbocycles. The van der Waals surface area contributed by atoms with Crippen LogP contribution in [0.3, 0.4) is 0 Å². The molecule has 1 heterocycles. The van der Waals surface area contributed by atoms with Crippen molar-refractivity contribution < 1.29 is 14.6 Å². The van der Waals surface area contributed by atoms with Gasteiger partial charge in [0.2, 0.25) is 0 Å². The van der Waals surface area contributed by atoms with E-state index in [4.69, 9.17) is 9.47 Å². The minimum Gasteiger partial charge on any atom is -0.389 e. The van der Waals surface area contributed by atoms with E-state index in [1.165, 1.54) is 5.57 Å². The third kappa shape index (κ3) is 1.82. The van der Waals surface area contributed by atoms with Crippen LogP contribution in [0.15, 0.2) is 11.6 Å². The molecular formula is C16H26O3. The number of aliphatic hydroxyl groups is 1. The molecule has 3 heteroatoms. The molecule has 1 aliphatic heterocycles. The zero-order valence-corrected chi connectivity index (χ0v) is 12.4. The van der Waals surface area contributed by atoms with Crippen LogP contribution in [0.4, 0.5) is 0 Å². The molecule has 19 heavy (non-hydrogen) atoms. The highest BCUT2D eigenvalue weighted by atomic mass is 16.7. The number of aliphatic hydroxyl groups excluding tert-OH is 1.